The summed E-state index contributed by atoms with van der Waals surface area (Å²) in [5.74, 6) is 0.776. The molecule has 5 rings (SSSR count). The number of carbonyl (C=O) groups is 1. The van der Waals surface area contributed by atoms with E-state index in [2.05, 4.69) is 25.0 Å². The van der Waals surface area contributed by atoms with Crippen LogP contribution >= 0.6 is 0 Å². The maximum atomic E-state index is 13.3. The van der Waals surface area contributed by atoms with Crippen LogP contribution in [0, 0.1) is 0 Å². The molecule has 9 nitrogen and oxygen atoms in total. The van der Waals surface area contributed by atoms with Gasteiger partial charge in [0.15, 0.2) is 5.82 Å². The Morgan fingerprint density at radius 2 is 1.78 bits per heavy atom. The number of imidazole rings is 1. The molecule has 0 saturated carbocycles. The first-order chi connectivity index (χ1) is 17.5. The lowest BCUT2D eigenvalue weighted by atomic mass is 10.1. The van der Waals surface area contributed by atoms with Crippen LogP contribution in [-0.4, -0.2) is 65.1 Å². The fourth-order valence-electron chi connectivity index (χ4n) is 4.74. The second kappa shape index (κ2) is 9.16. The zero-order valence-electron chi connectivity index (χ0n) is 20.9. The average molecular weight is 513 g/mol. The molecule has 0 spiro atoms. The SMILES string of the molecule is CC(C)n1ccc(C(=O)N2[C@H](C)CN(c3ccnc(-c4cnc5ccc(C(F)(F)F)cn45)n3)C[C@@H]2C)n1. The number of amides is 1. The molecule has 0 N–H and O–H groups in total. The summed E-state index contributed by atoms with van der Waals surface area (Å²) in [5.41, 5.74) is 0.359. The normalized spacial score (nSPS) is 18.7. The van der Waals surface area contributed by atoms with Crippen LogP contribution < -0.4 is 4.90 Å². The summed E-state index contributed by atoms with van der Waals surface area (Å²) in [7, 11) is 0. The second-order valence-electron chi connectivity index (χ2n) is 9.62. The number of halogens is 3. The van der Waals surface area contributed by atoms with E-state index in [1.165, 1.54) is 16.7 Å². The molecule has 0 aliphatic carbocycles. The molecule has 1 aliphatic rings. The molecule has 1 amide bonds. The third-order valence-corrected chi connectivity index (χ3v) is 6.54. The summed E-state index contributed by atoms with van der Waals surface area (Å²) in [5, 5.41) is 4.43. The van der Waals surface area contributed by atoms with E-state index in [1.807, 2.05) is 38.8 Å². The first kappa shape index (κ1) is 24.7. The van der Waals surface area contributed by atoms with Crippen LogP contribution in [-0.2, 0) is 6.18 Å². The second-order valence-corrected chi connectivity index (χ2v) is 9.62. The number of alkyl halides is 3. The van der Waals surface area contributed by atoms with E-state index in [9.17, 15) is 18.0 Å². The average Bonchev–Trinajstić information content (AvgIpc) is 3.50. The minimum Gasteiger partial charge on any atom is -0.352 e. The Hall–Kier alpha value is -3.96. The van der Waals surface area contributed by atoms with E-state index < -0.39 is 11.7 Å². The van der Waals surface area contributed by atoms with Gasteiger partial charge in [0, 0.05) is 49.8 Å². The largest absolute Gasteiger partial charge is 0.417 e. The van der Waals surface area contributed by atoms with Gasteiger partial charge < -0.3 is 9.80 Å². The van der Waals surface area contributed by atoms with Crippen LogP contribution in [0.5, 0.6) is 0 Å². The monoisotopic (exact) mass is 512 g/mol. The topological polar surface area (TPSA) is 84.5 Å². The van der Waals surface area contributed by atoms with Crippen molar-refractivity contribution in [3.8, 4) is 11.5 Å². The molecular weight excluding hydrogens is 485 g/mol. The molecule has 12 heteroatoms. The Bertz CT molecular complexity index is 1430. The van der Waals surface area contributed by atoms with E-state index in [0.29, 0.717) is 35.9 Å². The quantitative estimate of drug-likeness (QED) is 0.405. The number of pyridine rings is 1. The van der Waals surface area contributed by atoms with Crippen LogP contribution in [0.2, 0.25) is 0 Å². The Morgan fingerprint density at radius 3 is 2.43 bits per heavy atom. The Kier molecular flexibility index (Phi) is 6.12. The third-order valence-electron chi connectivity index (χ3n) is 6.54. The van der Waals surface area contributed by atoms with Crippen LogP contribution in [0.1, 0.15) is 49.8 Å². The van der Waals surface area contributed by atoms with Gasteiger partial charge in [-0.15, -0.1) is 0 Å². The number of hydrogen-bond donors (Lipinski definition) is 0. The molecular formula is C25H27F3N8O. The molecule has 2 atom stereocenters. The molecule has 1 fully saturated rings. The lowest BCUT2D eigenvalue weighted by Gasteiger charge is -2.44. The van der Waals surface area contributed by atoms with Crippen molar-refractivity contribution in [2.75, 3.05) is 18.0 Å². The van der Waals surface area contributed by atoms with Crippen molar-refractivity contribution in [2.24, 2.45) is 0 Å². The molecule has 4 aromatic rings. The number of carbonyl (C=O) groups excluding carboxylic acids is 1. The summed E-state index contributed by atoms with van der Waals surface area (Å²) >= 11 is 0. The molecule has 194 valence electrons. The van der Waals surface area contributed by atoms with Crippen LogP contribution in [0.25, 0.3) is 17.2 Å². The maximum Gasteiger partial charge on any atom is 0.417 e. The number of rotatable bonds is 4. The van der Waals surface area contributed by atoms with Crippen LogP contribution in [0.15, 0.2) is 49.1 Å². The van der Waals surface area contributed by atoms with Crippen molar-refractivity contribution in [2.45, 2.75) is 52.0 Å². The molecule has 1 saturated heterocycles. The molecule has 4 aromatic heterocycles. The van der Waals surface area contributed by atoms with Gasteiger partial charge in [-0.05, 0) is 52.0 Å². The van der Waals surface area contributed by atoms with Gasteiger partial charge in [-0.3, -0.25) is 13.9 Å². The van der Waals surface area contributed by atoms with E-state index in [1.54, 1.807) is 23.0 Å². The summed E-state index contributed by atoms with van der Waals surface area (Å²) in [6.45, 7) is 9.02. The zero-order valence-corrected chi connectivity index (χ0v) is 20.9. The number of nitrogens with zero attached hydrogens (tertiary/aromatic N) is 8. The molecule has 0 radical (unpaired) electrons. The molecule has 37 heavy (non-hydrogen) atoms. The number of aromatic nitrogens is 6. The van der Waals surface area contributed by atoms with Crippen molar-refractivity contribution >= 4 is 17.4 Å². The van der Waals surface area contributed by atoms with E-state index in [-0.39, 0.29) is 29.9 Å². The lowest BCUT2D eigenvalue weighted by Crippen LogP contribution is -2.59. The van der Waals surface area contributed by atoms with Gasteiger partial charge in [-0.1, -0.05) is 0 Å². The fourth-order valence-corrected chi connectivity index (χ4v) is 4.74. The Labute approximate surface area is 211 Å². The van der Waals surface area contributed by atoms with Gasteiger partial charge in [0.05, 0.1) is 11.8 Å². The van der Waals surface area contributed by atoms with Crippen LogP contribution in [0.4, 0.5) is 19.0 Å². The maximum absolute atomic E-state index is 13.3. The highest BCUT2D eigenvalue weighted by molar-refractivity contribution is 5.92. The highest BCUT2D eigenvalue weighted by atomic mass is 19.4. The molecule has 0 aromatic carbocycles. The van der Waals surface area contributed by atoms with Gasteiger partial charge in [0.25, 0.3) is 5.91 Å². The minimum absolute atomic E-state index is 0.117. The van der Waals surface area contributed by atoms with Gasteiger partial charge in [-0.2, -0.15) is 18.3 Å². The third kappa shape index (κ3) is 4.63. The fraction of sp³-hybridized carbons (Fsp3) is 0.400. The molecule has 0 unspecified atom stereocenters. The highest BCUT2D eigenvalue weighted by Crippen LogP contribution is 2.31. The predicted molar refractivity (Wildman–Crippen MR) is 131 cm³/mol. The number of piperazine rings is 1. The lowest BCUT2D eigenvalue weighted by molar-refractivity contribution is -0.137. The van der Waals surface area contributed by atoms with Gasteiger partial charge >= 0.3 is 6.18 Å². The summed E-state index contributed by atoms with van der Waals surface area (Å²) in [6.07, 6.45) is 1.38. The van der Waals surface area contributed by atoms with E-state index >= 15 is 0 Å². The minimum atomic E-state index is -4.48. The van der Waals surface area contributed by atoms with E-state index in [4.69, 9.17) is 0 Å². The smallest absolute Gasteiger partial charge is 0.352 e. The van der Waals surface area contributed by atoms with Crippen molar-refractivity contribution in [3.63, 3.8) is 0 Å². The van der Waals surface area contributed by atoms with Crippen LogP contribution in [0.3, 0.4) is 0 Å². The summed E-state index contributed by atoms with van der Waals surface area (Å²) in [6, 6.07) is 5.74. The molecule has 5 heterocycles. The number of anilines is 1. The highest BCUT2D eigenvalue weighted by Gasteiger charge is 2.35. The van der Waals surface area contributed by atoms with Crippen molar-refractivity contribution in [3.05, 3.63) is 60.3 Å². The first-order valence-corrected chi connectivity index (χ1v) is 12.0. The zero-order chi connectivity index (χ0) is 26.5. The summed E-state index contributed by atoms with van der Waals surface area (Å²) in [4.78, 5) is 30.3. The van der Waals surface area contributed by atoms with E-state index in [0.717, 1.165) is 12.3 Å². The van der Waals surface area contributed by atoms with Crippen molar-refractivity contribution < 1.29 is 18.0 Å². The van der Waals surface area contributed by atoms with Crippen molar-refractivity contribution in [1.29, 1.82) is 0 Å². The van der Waals surface area contributed by atoms with Gasteiger partial charge in [0.1, 0.15) is 22.9 Å². The molecule has 1 aliphatic heterocycles. The van der Waals surface area contributed by atoms with Gasteiger partial charge in [0.2, 0.25) is 0 Å². The number of hydrogen-bond acceptors (Lipinski definition) is 6. The standard InChI is InChI=1S/C25H27F3N8O/c1-15(2)35-10-8-19(32-35)24(37)36-16(3)12-33(13-17(36)4)22-7-9-29-23(31-22)20-11-30-21-6-5-18(14-34(20)21)25(26,27)28/h5-11,14-17H,12-13H2,1-4H3/t16-,17+. The van der Waals surface area contributed by atoms with Crippen molar-refractivity contribution in [1.82, 2.24) is 34.0 Å². The molecule has 0 bridgehead atoms. The Morgan fingerprint density at radius 1 is 1.05 bits per heavy atom. The predicted octanol–water partition coefficient (Wildman–Crippen LogP) is 4.33. The van der Waals surface area contributed by atoms with Gasteiger partial charge in [-0.25, -0.2) is 15.0 Å². The first-order valence-electron chi connectivity index (χ1n) is 12.0. The summed E-state index contributed by atoms with van der Waals surface area (Å²) < 4.78 is 42.9. The number of fused-ring (bicyclic) bond motifs is 1. The Balaban J connectivity index is 1.39.